The molecular formula is C13H22N2O3. The summed E-state index contributed by atoms with van der Waals surface area (Å²) in [6, 6.07) is -0.310. The molecule has 0 unspecified atom stereocenters. The molecule has 1 atom stereocenters. The molecule has 0 aromatic rings. The Labute approximate surface area is 108 Å². The molecule has 1 aliphatic heterocycles. The molecule has 0 spiro atoms. The number of carboxylic acids is 1. The molecule has 0 aromatic carbocycles. The van der Waals surface area contributed by atoms with Gasteiger partial charge in [0.05, 0.1) is 0 Å². The average Bonchev–Trinajstić information content (AvgIpc) is 3.05. The Kier molecular flexibility index (Phi) is 4.09. The molecule has 2 amide bonds. The molecule has 2 rings (SSSR count). The molecule has 102 valence electrons. The first-order valence-electron chi connectivity index (χ1n) is 6.95. The molecule has 18 heavy (non-hydrogen) atoms. The Morgan fingerprint density at radius 2 is 2.06 bits per heavy atom. The van der Waals surface area contributed by atoms with Gasteiger partial charge in [-0.2, -0.15) is 0 Å². The van der Waals surface area contributed by atoms with E-state index in [0.717, 1.165) is 38.6 Å². The van der Waals surface area contributed by atoms with E-state index in [1.54, 1.807) is 4.90 Å². The highest BCUT2D eigenvalue weighted by molar-refractivity contribution is 5.83. The van der Waals surface area contributed by atoms with Crippen molar-refractivity contribution in [2.24, 2.45) is 0 Å². The summed E-state index contributed by atoms with van der Waals surface area (Å²) < 4.78 is 0. The lowest BCUT2D eigenvalue weighted by molar-refractivity contribution is -0.141. The van der Waals surface area contributed by atoms with Crippen molar-refractivity contribution in [3.8, 4) is 0 Å². The third kappa shape index (κ3) is 2.76. The minimum absolute atomic E-state index is 0.0594. The van der Waals surface area contributed by atoms with Crippen LogP contribution in [-0.2, 0) is 4.79 Å². The van der Waals surface area contributed by atoms with Crippen LogP contribution in [0.1, 0.15) is 45.4 Å². The van der Waals surface area contributed by atoms with Crippen molar-refractivity contribution in [2.75, 3.05) is 13.1 Å². The molecule has 2 aliphatic rings. The van der Waals surface area contributed by atoms with Gasteiger partial charge >= 0.3 is 12.0 Å². The van der Waals surface area contributed by atoms with Crippen molar-refractivity contribution in [1.82, 2.24) is 9.80 Å². The topological polar surface area (TPSA) is 60.9 Å². The van der Waals surface area contributed by atoms with Gasteiger partial charge < -0.3 is 14.9 Å². The number of aliphatic carboxylic acids is 1. The summed E-state index contributed by atoms with van der Waals surface area (Å²) in [5.74, 6) is -0.868. The second-order valence-corrected chi connectivity index (χ2v) is 5.25. The maximum absolute atomic E-state index is 12.4. The van der Waals surface area contributed by atoms with E-state index in [4.69, 9.17) is 5.11 Å². The maximum atomic E-state index is 12.4. The van der Waals surface area contributed by atoms with Gasteiger partial charge in [0.15, 0.2) is 0 Å². The number of likely N-dealkylation sites (tertiary alicyclic amines) is 1. The second kappa shape index (κ2) is 5.59. The van der Waals surface area contributed by atoms with Crippen LogP contribution in [0.5, 0.6) is 0 Å². The number of unbranched alkanes of at least 4 members (excludes halogenated alkanes) is 1. The first kappa shape index (κ1) is 13.2. The van der Waals surface area contributed by atoms with Crippen LogP contribution in [0.2, 0.25) is 0 Å². The summed E-state index contributed by atoms with van der Waals surface area (Å²) in [5, 5.41) is 9.13. The van der Waals surface area contributed by atoms with Gasteiger partial charge in [0.2, 0.25) is 0 Å². The van der Waals surface area contributed by atoms with E-state index in [9.17, 15) is 9.59 Å². The standard InChI is InChI=1S/C13H22N2O3/c1-2-3-8-14(10-6-7-10)13(18)15-9-4-5-11(15)12(16)17/h10-11H,2-9H2,1H3,(H,16,17)/t11-/m0/s1. The molecule has 1 saturated heterocycles. The summed E-state index contributed by atoms with van der Waals surface area (Å²) in [5.41, 5.74) is 0. The molecule has 0 aromatic heterocycles. The largest absolute Gasteiger partial charge is 0.480 e. The van der Waals surface area contributed by atoms with E-state index in [2.05, 4.69) is 6.92 Å². The number of carbonyl (C=O) groups excluding carboxylic acids is 1. The van der Waals surface area contributed by atoms with Crippen molar-refractivity contribution >= 4 is 12.0 Å². The van der Waals surface area contributed by atoms with Crippen LogP contribution >= 0.6 is 0 Å². The Hall–Kier alpha value is -1.26. The van der Waals surface area contributed by atoms with Crippen molar-refractivity contribution in [2.45, 2.75) is 57.5 Å². The third-order valence-corrected chi connectivity index (χ3v) is 3.77. The fourth-order valence-corrected chi connectivity index (χ4v) is 2.57. The normalized spacial score (nSPS) is 23.2. The van der Waals surface area contributed by atoms with Crippen LogP contribution in [0.4, 0.5) is 4.79 Å². The van der Waals surface area contributed by atoms with Gasteiger partial charge in [-0.05, 0) is 32.1 Å². The quantitative estimate of drug-likeness (QED) is 0.815. The monoisotopic (exact) mass is 254 g/mol. The molecular weight excluding hydrogens is 232 g/mol. The molecule has 0 bridgehead atoms. The highest BCUT2D eigenvalue weighted by Crippen LogP contribution is 2.30. The van der Waals surface area contributed by atoms with Gasteiger partial charge in [0.25, 0.3) is 0 Å². The van der Waals surface area contributed by atoms with E-state index >= 15 is 0 Å². The van der Waals surface area contributed by atoms with Crippen LogP contribution < -0.4 is 0 Å². The predicted octanol–water partition coefficient (Wildman–Crippen LogP) is 1.92. The summed E-state index contributed by atoms with van der Waals surface area (Å²) in [4.78, 5) is 27.0. The zero-order valence-electron chi connectivity index (χ0n) is 11.0. The van der Waals surface area contributed by atoms with E-state index in [0.29, 0.717) is 19.0 Å². The lowest BCUT2D eigenvalue weighted by atomic mass is 10.2. The SMILES string of the molecule is CCCCN(C(=O)N1CCC[C@H]1C(=O)O)C1CC1. The van der Waals surface area contributed by atoms with Gasteiger partial charge in [-0.3, -0.25) is 0 Å². The lowest BCUT2D eigenvalue weighted by Crippen LogP contribution is -2.49. The maximum Gasteiger partial charge on any atom is 0.326 e. The summed E-state index contributed by atoms with van der Waals surface area (Å²) in [7, 11) is 0. The molecule has 1 N–H and O–H groups in total. The van der Waals surface area contributed by atoms with E-state index in [1.807, 2.05) is 4.90 Å². The molecule has 2 fully saturated rings. The Morgan fingerprint density at radius 1 is 1.33 bits per heavy atom. The Bertz CT molecular complexity index is 328. The molecule has 5 heteroatoms. The Balaban J connectivity index is 2.00. The fraction of sp³-hybridized carbons (Fsp3) is 0.846. The van der Waals surface area contributed by atoms with Crippen LogP contribution in [0.25, 0.3) is 0 Å². The van der Waals surface area contributed by atoms with Crippen LogP contribution in [-0.4, -0.2) is 52.1 Å². The first-order valence-corrected chi connectivity index (χ1v) is 6.95. The van der Waals surface area contributed by atoms with Crippen molar-refractivity contribution in [3.63, 3.8) is 0 Å². The number of hydrogen-bond donors (Lipinski definition) is 1. The fourth-order valence-electron chi connectivity index (χ4n) is 2.57. The molecule has 1 heterocycles. The van der Waals surface area contributed by atoms with Crippen LogP contribution in [0, 0.1) is 0 Å². The van der Waals surface area contributed by atoms with Crippen molar-refractivity contribution in [3.05, 3.63) is 0 Å². The molecule has 1 aliphatic carbocycles. The van der Waals surface area contributed by atoms with Crippen LogP contribution in [0.3, 0.4) is 0 Å². The number of carbonyl (C=O) groups is 2. The number of amides is 2. The van der Waals surface area contributed by atoms with Crippen LogP contribution in [0.15, 0.2) is 0 Å². The zero-order valence-corrected chi connectivity index (χ0v) is 11.0. The van der Waals surface area contributed by atoms with E-state index in [-0.39, 0.29) is 6.03 Å². The summed E-state index contributed by atoms with van der Waals surface area (Å²) >= 11 is 0. The number of nitrogens with zero attached hydrogens (tertiary/aromatic N) is 2. The van der Waals surface area contributed by atoms with Gasteiger partial charge in [-0.1, -0.05) is 13.3 Å². The van der Waals surface area contributed by atoms with Gasteiger partial charge in [-0.15, -0.1) is 0 Å². The Morgan fingerprint density at radius 3 is 2.61 bits per heavy atom. The number of urea groups is 1. The number of carboxylic acid groups (broad SMARTS) is 1. The summed E-state index contributed by atoms with van der Waals surface area (Å²) in [6.45, 7) is 3.46. The highest BCUT2D eigenvalue weighted by atomic mass is 16.4. The van der Waals surface area contributed by atoms with Gasteiger partial charge in [0, 0.05) is 19.1 Å². The number of hydrogen-bond acceptors (Lipinski definition) is 2. The molecule has 1 saturated carbocycles. The van der Waals surface area contributed by atoms with Gasteiger partial charge in [0.1, 0.15) is 6.04 Å². The predicted molar refractivity (Wildman–Crippen MR) is 67.4 cm³/mol. The average molecular weight is 254 g/mol. The second-order valence-electron chi connectivity index (χ2n) is 5.25. The van der Waals surface area contributed by atoms with E-state index in [1.165, 1.54) is 0 Å². The third-order valence-electron chi connectivity index (χ3n) is 3.77. The lowest BCUT2D eigenvalue weighted by Gasteiger charge is -2.30. The summed E-state index contributed by atoms with van der Waals surface area (Å²) in [6.07, 6.45) is 5.58. The van der Waals surface area contributed by atoms with Crippen molar-refractivity contribution in [1.29, 1.82) is 0 Å². The first-order chi connectivity index (χ1) is 8.65. The molecule has 5 nitrogen and oxygen atoms in total. The minimum Gasteiger partial charge on any atom is -0.480 e. The highest BCUT2D eigenvalue weighted by Gasteiger charge is 2.40. The van der Waals surface area contributed by atoms with E-state index < -0.39 is 12.0 Å². The minimum atomic E-state index is -0.868. The van der Waals surface area contributed by atoms with Gasteiger partial charge in [-0.25, -0.2) is 9.59 Å². The smallest absolute Gasteiger partial charge is 0.326 e. The zero-order chi connectivity index (χ0) is 13.1. The molecule has 0 radical (unpaired) electrons. The van der Waals surface area contributed by atoms with Crippen molar-refractivity contribution < 1.29 is 14.7 Å². The number of rotatable bonds is 5.